The van der Waals surface area contributed by atoms with E-state index in [2.05, 4.69) is 41.1 Å². The molecule has 1 aromatic rings. The number of nitrogens with two attached hydrogens (primary N) is 1. The molecule has 0 spiro atoms. The molecule has 1 aliphatic heterocycles. The van der Waals surface area contributed by atoms with Crippen molar-refractivity contribution in [3.8, 4) is 0 Å². The number of hydrogen-bond acceptors (Lipinski definition) is 5. The number of aromatic nitrogens is 2. The van der Waals surface area contributed by atoms with Crippen molar-refractivity contribution in [2.24, 2.45) is 11.8 Å². The van der Waals surface area contributed by atoms with E-state index in [4.69, 9.17) is 5.84 Å². The normalized spacial score (nSPS) is 22.9. The molecule has 112 valence electrons. The van der Waals surface area contributed by atoms with Crippen molar-refractivity contribution in [1.29, 1.82) is 0 Å². The highest BCUT2D eigenvalue weighted by atomic mass is 15.3. The molecule has 0 aromatic carbocycles. The van der Waals surface area contributed by atoms with Crippen molar-refractivity contribution < 1.29 is 0 Å². The maximum atomic E-state index is 5.61. The molecule has 0 saturated carbocycles. The zero-order valence-electron chi connectivity index (χ0n) is 12.9. The van der Waals surface area contributed by atoms with Gasteiger partial charge in [0.1, 0.15) is 18.0 Å². The van der Waals surface area contributed by atoms with Crippen LogP contribution in [0.5, 0.6) is 0 Å². The van der Waals surface area contributed by atoms with Gasteiger partial charge in [-0.05, 0) is 32.1 Å². The Hall–Kier alpha value is -1.36. The number of nitrogens with zero attached hydrogens (tertiary/aromatic N) is 3. The summed E-state index contributed by atoms with van der Waals surface area (Å²) in [5.41, 5.74) is 3.88. The van der Waals surface area contributed by atoms with Crippen molar-refractivity contribution in [2.75, 3.05) is 16.9 Å². The summed E-state index contributed by atoms with van der Waals surface area (Å²) in [4.78, 5) is 11.3. The Balaban J connectivity index is 2.34. The van der Waals surface area contributed by atoms with E-state index in [1.165, 1.54) is 19.3 Å². The highest BCUT2D eigenvalue weighted by Crippen LogP contribution is 2.32. The van der Waals surface area contributed by atoms with Crippen molar-refractivity contribution >= 4 is 11.6 Å². The predicted molar refractivity (Wildman–Crippen MR) is 83.7 cm³/mol. The first-order valence-electron chi connectivity index (χ1n) is 7.78. The maximum absolute atomic E-state index is 5.61. The molecule has 5 nitrogen and oxygen atoms in total. The summed E-state index contributed by atoms with van der Waals surface area (Å²) < 4.78 is 0. The zero-order chi connectivity index (χ0) is 14.5. The van der Waals surface area contributed by atoms with Crippen LogP contribution in [0, 0.1) is 5.92 Å². The lowest BCUT2D eigenvalue weighted by Gasteiger charge is -2.39. The molecule has 0 aliphatic carbocycles. The summed E-state index contributed by atoms with van der Waals surface area (Å²) in [5, 5.41) is 0. The maximum Gasteiger partial charge on any atom is 0.148 e. The van der Waals surface area contributed by atoms with E-state index in [9.17, 15) is 0 Å². The quantitative estimate of drug-likeness (QED) is 0.640. The van der Waals surface area contributed by atoms with E-state index >= 15 is 0 Å². The minimum atomic E-state index is 0.536. The number of piperidine rings is 1. The van der Waals surface area contributed by atoms with Crippen molar-refractivity contribution in [3.05, 3.63) is 11.9 Å². The third-order valence-corrected chi connectivity index (χ3v) is 4.39. The van der Waals surface area contributed by atoms with Gasteiger partial charge in [-0.15, -0.1) is 0 Å². The van der Waals surface area contributed by atoms with Gasteiger partial charge in [0.2, 0.25) is 0 Å². The molecule has 0 bridgehead atoms. The monoisotopic (exact) mass is 277 g/mol. The number of rotatable bonds is 5. The van der Waals surface area contributed by atoms with Gasteiger partial charge < -0.3 is 10.3 Å². The van der Waals surface area contributed by atoms with Crippen LogP contribution in [-0.2, 0) is 6.42 Å². The van der Waals surface area contributed by atoms with Gasteiger partial charge in [-0.1, -0.05) is 26.7 Å². The molecule has 0 amide bonds. The number of hydrogen-bond donors (Lipinski definition) is 2. The lowest BCUT2D eigenvalue weighted by atomic mass is 9.91. The van der Waals surface area contributed by atoms with E-state index in [1.54, 1.807) is 6.33 Å². The minimum absolute atomic E-state index is 0.536. The Morgan fingerprint density at radius 2 is 2.15 bits per heavy atom. The van der Waals surface area contributed by atoms with Gasteiger partial charge in [-0.3, -0.25) is 0 Å². The van der Waals surface area contributed by atoms with Gasteiger partial charge in [0.15, 0.2) is 0 Å². The van der Waals surface area contributed by atoms with Crippen molar-refractivity contribution in [1.82, 2.24) is 9.97 Å². The first-order valence-corrected chi connectivity index (χ1v) is 7.78. The fraction of sp³-hybridized carbons (Fsp3) is 0.733. The van der Waals surface area contributed by atoms with Gasteiger partial charge >= 0.3 is 0 Å². The average molecular weight is 277 g/mol. The Labute approximate surface area is 121 Å². The molecular formula is C15H27N5. The van der Waals surface area contributed by atoms with Gasteiger partial charge in [0, 0.05) is 18.2 Å². The van der Waals surface area contributed by atoms with Crippen LogP contribution in [0.2, 0.25) is 0 Å². The van der Waals surface area contributed by atoms with Gasteiger partial charge in [0.05, 0.1) is 0 Å². The van der Waals surface area contributed by atoms with Gasteiger partial charge in [0.25, 0.3) is 0 Å². The lowest BCUT2D eigenvalue weighted by molar-refractivity contribution is 0.356. The van der Waals surface area contributed by atoms with Crippen LogP contribution in [0.15, 0.2) is 6.33 Å². The predicted octanol–water partition coefficient (Wildman–Crippen LogP) is 2.73. The fourth-order valence-corrected chi connectivity index (χ4v) is 3.07. The molecule has 1 saturated heterocycles. The van der Waals surface area contributed by atoms with E-state index in [0.29, 0.717) is 6.04 Å². The summed E-state index contributed by atoms with van der Waals surface area (Å²) in [6.45, 7) is 7.83. The van der Waals surface area contributed by atoms with Gasteiger partial charge in [-0.25, -0.2) is 15.8 Å². The summed E-state index contributed by atoms with van der Waals surface area (Å²) in [6, 6.07) is 0.536. The largest absolute Gasteiger partial charge is 0.353 e. The summed E-state index contributed by atoms with van der Waals surface area (Å²) in [6.07, 6.45) is 7.43. The lowest BCUT2D eigenvalue weighted by Crippen LogP contribution is -2.43. The van der Waals surface area contributed by atoms with Crippen LogP contribution in [0.25, 0.3) is 0 Å². The molecule has 1 aliphatic rings. The van der Waals surface area contributed by atoms with E-state index < -0.39 is 0 Å². The summed E-state index contributed by atoms with van der Waals surface area (Å²) >= 11 is 0. The van der Waals surface area contributed by atoms with Crippen molar-refractivity contribution in [3.63, 3.8) is 0 Å². The summed E-state index contributed by atoms with van der Waals surface area (Å²) in [7, 11) is 0. The second-order valence-corrected chi connectivity index (χ2v) is 5.77. The van der Waals surface area contributed by atoms with Crippen LogP contribution >= 0.6 is 0 Å². The molecule has 2 heterocycles. The molecule has 2 atom stereocenters. The minimum Gasteiger partial charge on any atom is -0.353 e. The second-order valence-electron chi connectivity index (χ2n) is 5.77. The SMILES string of the molecule is CCCc1c(NN)ncnc1N1CC(CC)CCC1C. The molecule has 1 aromatic heterocycles. The molecule has 0 radical (unpaired) electrons. The highest BCUT2D eigenvalue weighted by molar-refractivity contribution is 5.59. The van der Waals surface area contributed by atoms with Crippen LogP contribution in [0.3, 0.4) is 0 Å². The van der Waals surface area contributed by atoms with Crippen LogP contribution in [0.4, 0.5) is 11.6 Å². The Bertz CT molecular complexity index is 434. The third-order valence-electron chi connectivity index (χ3n) is 4.39. The topological polar surface area (TPSA) is 67.1 Å². The number of hydrazine groups is 1. The molecule has 20 heavy (non-hydrogen) atoms. The molecule has 5 heteroatoms. The number of nitrogen functional groups attached to an aromatic ring is 1. The first kappa shape index (κ1) is 15.0. The van der Waals surface area contributed by atoms with Crippen molar-refractivity contribution in [2.45, 2.75) is 58.9 Å². The Kier molecular flexibility index (Phi) is 5.17. The molecule has 2 rings (SSSR count). The first-order chi connectivity index (χ1) is 9.71. The fourth-order valence-electron chi connectivity index (χ4n) is 3.07. The Morgan fingerprint density at radius 3 is 2.80 bits per heavy atom. The van der Waals surface area contributed by atoms with Crippen LogP contribution < -0.4 is 16.2 Å². The number of anilines is 2. The molecule has 3 N–H and O–H groups in total. The third kappa shape index (κ3) is 3.03. The van der Waals surface area contributed by atoms with E-state index in [-0.39, 0.29) is 0 Å². The molecular weight excluding hydrogens is 250 g/mol. The standard InChI is InChI=1S/C15H27N5/c1-4-6-13-14(19-16)17-10-18-15(13)20-9-12(5-2)8-7-11(20)3/h10-12H,4-9,16H2,1-3H3,(H,17,18,19). The molecule has 2 unspecified atom stereocenters. The number of nitrogens with one attached hydrogen (secondary N) is 1. The Morgan fingerprint density at radius 1 is 1.35 bits per heavy atom. The zero-order valence-corrected chi connectivity index (χ0v) is 12.9. The molecule has 1 fully saturated rings. The van der Waals surface area contributed by atoms with E-state index in [0.717, 1.165) is 42.5 Å². The van der Waals surface area contributed by atoms with Gasteiger partial charge in [-0.2, -0.15) is 0 Å². The summed E-state index contributed by atoms with van der Waals surface area (Å²) in [5.74, 6) is 8.21. The smallest absolute Gasteiger partial charge is 0.148 e. The van der Waals surface area contributed by atoms with E-state index in [1.807, 2.05) is 0 Å². The van der Waals surface area contributed by atoms with Crippen LogP contribution in [0.1, 0.15) is 52.0 Å². The second kappa shape index (κ2) is 6.88. The van der Waals surface area contributed by atoms with Crippen LogP contribution in [-0.4, -0.2) is 22.6 Å². The average Bonchev–Trinajstić information content (AvgIpc) is 2.48. The highest BCUT2D eigenvalue weighted by Gasteiger charge is 2.27.